The molecule has 102 valence electrons. The van der Waals surface area contributed by atoms with E-state index < -0.39 is 0 Å². The molecule has 0 saturated heterocycles. The van der Waals surface area contributed by atoms with Gasteiger partial charge >= 0.3 is 0 Å². The van der Waals surface area contributed by atoms with Crippen LogP contribution in [0, 0.1) is 0 Å². The highest BCUT2D eigenvalue weighted by Crippen LogP contribution is 2.23. The minimum absolute atomic E-state index is 0.222. The molecular formula is C13H23N3O2. The first-order valence-electron chi connectivity index (χ1n) is 6.78. The largest absolute Gasteiger partial charge is 0.391 e. The summed E-state index contributed by atoms with van der Waals surface area (Å²) in [5.74, 6) is 1.65. The van der Waals surface area contributed by atoms with Crippen LogP contribution in [0.15, 0.2) is 4.52 Å². The molecule has 1 aliphatic rings. The van der Waals surface area contributed by atoms with Crippen LogP contribution in [-0.4, -0.2) is 39.3 Å². The highest BCUT2D eigenvalue weighted by Gasteiger charge is 2.27. The Labute approximate surface area is 108 Å². The van der Waals surface area contributed by atoms with Gasteiger partial charge in [0, 0.05) is 12.0 Å². The summed E-state index contributed by atoms with van der Waals surface area (Å²) in [6.45, 7) is 4.70. The average molecular weight is 253 g/mol. The van der Waals surface area contributed by atoms with Crippen molar-refractivity contribution >= 4 is 0 Å². The van der Waals surface area contributed by atoms with Crippen molar-refractivity contribution in [3.8, 4) is 0 Å². The van der Waals surface area contributed by atoms with Crippen LogP contribution in [0.25, 0.3) is 0 Å². The Morgan fingerprint density at radius 3 is 2.72 bits per heavy atom. The van der Waals surface area contributed by atoms with Gasteiger partial charge in [-0.3, -0.25) is 4.90 Å². The van der Waals surface area contributed by atoms with Gasteiger partial charge in [-0.25, -0.2) is 0 Å². The Hall–Kier alpha value is -0.940. The van der Waals surface area contributed by atoms with Crippen LogP contribution >= 0.6 is 0 Å². The zero-order valence-electron chi connectivity index (χ0n) is 11.5. The van der Waals surface area contributed by atoms with Crippen LogP contribution < -0.4 is 0 Å². The molecule has 1 saturated carbocycles. The molecule has 1 aromatic heterocycles. The van der Waals surface area contributed by atoms with Gasteiger partial charge in [0.1, 0.15) is 0 Å². The van der Waals surface area contributed by atoms with E-state index in [9.17, 15) is 5.11 Å². The molecule has 1 heterocycles. The van der Waals surface area contributed by atoms with Crippen molar-refractivity contribution in [1.29, 1.82) is 0 Å². The van der Waals surface area contributed by atoms with E-state index in [1.165, 1.54) is 6.42 Å². The van der Waals surface area contributed by atoms with Crippen LogP contribution in [-0.2, 0) is 6.54 Å². The van der Waals surface area contributed by atoms with Gasteiger partial charge in [0.25, 0.3) is 0 Å². The van der Waals surface area contributed by atoms with Crippen molar-refractivity contribution in [2.45, 2.75) is 64.1 Å². The fourth-order valence-electron chi connectivity index (χ4n) is 2.51. The van der Waals surface area contributed by atoms with Crippen molar-refractivity contribution in [1.82, 2.24) is 15.0 Å². The van der Waals surface area contributed by atoms with E-state index in [-0.39, 0.29) is 18.1 Å². The molecule has 0 aromatic carbocycles. The van der Waals surface area contributed by atoms with Crippen molar-refractivity contribution in [2.24, 2.45) is 0 Å². The summed E-state index contributed by atoms with van der Waals surface area (Å²) in [5, 5.41) is 14.0. The summed E-state index contributed by atoms with van der Waals surface area (Å²) in [7, 11) is 2.02. The fourth-order valence-corrected chi connectivity index (χ4v) is 2.51. The standard InChI is InChI=1S/C13H23N3O2/c1-9(2)13-14-12(15-18-13)8-16(3)10-6-4-5-7-11(10)17/h9-11,17H,4-8H2,1-3H3. The van der Waals surface area contributed by atoms with Gasteiger partial charge in [-0.05, 0) is 19.9 Å². The first-order chi connectivity index (χ1) is 8.58. The van der Waals surface area contributed by atoms with E-state index in [1.54, 1.807) is 0 Å². The molecule has 18 heavy (non-hydrogen) atoms. The summed E-state index contributed by atoms with van der Waals surface area (Å²) < 4.78 is 5.19. The van der Waals surface area contributed by atoms with Crippen molar-refractivity contribution in [3.05, 3.63) is 11.7 Å². The van der Waals surface area contributed by atoms with Crippen molar-refractivity contribution in [3.63, 3.8) is 0 Å². The van der Waals surface area contributed by atoms with Crippen LogP contribution in [0.3, 0.4) is 0 Å². The summed E-state index contributed by atoms with van der Waals surface area (Å²) in [6.07, 6.45) is 4.05. The number of aliphatic hydroxyl groups excluding tert-OH is 1. The second kappa shape index (κ2) is 5.80. The van der Waals surface area contributed by atoms with Gasteiger partial charge in [-0.15, -0.1) is 0 Å². The van der Waals surface area contributed by atoms with Crippen LogP contribution in [0.1, 0.15) is 57.2 Å². The third-order valence-corrected chi connectivity index (χ3v) is 3.63. The van der Waals surface area contributed by atoms with Crippen LogP contribution in [0.4, 0.5) is 0 Å². The molecular weight excluding hydrogens is 230 g/mol. The lowest BCUT2D eigenvalue weighted by molar-refractivity contribution is 0.0275. The topological polar surface area (TPSA) is 62.4 Å². The summed E-state index contributed by atoms with van der Waals surface area (Å²) in [5.41, 5.74) is 0. The third kappa shape index (κ3) is 3.09. The first kappa shape index (κ1) is 13.5. The van der Waals surface area contributed by atoms with E-state index in [1.807, 2.05) is 20.9 Å². The number of hydrogen-bond donors (Lipinski definition) is 1. The van der Waals surface area contributed by atoms with E-state index in [4.69, 9.17) is 4.52 Å². The Balaban J connectivity index is 1.95. The average Bonchev–Trinajstić information content (AvgIpc) is 2.78. The van der Waals surface area contributed by atoms with E-state index in [0.29, 0.717) is 18.3 Å². The zero-order valence-corrected chi connectivity index (χ0v) is 11.5. The number of nitrogens with zero attached hydrogens (tertiary/aromatic N) is 3. The number of aliphatic hydroxyl groups is 1. The number of aromatic nitrogens is 2. The van der Waals surface area contributed by atoms with Gasteiger partial charge in [-0.2, -0.15) is 4.98 Å². The van der Waals surface area contributed by atoms with Crippen molar-refractivity contribution < 1.29 is 9.63 Å². The molecule has 1 fully saturated rings. The lowest BCUT2D eigenvalue weighted by Gasteiger charge is -2.34. The molecule has 5 nitrogen and oxygen atoms in total. The number of rotatable bonds is 4. The monoisotopic (exact) mass is 253 g/mol. The summed E-state index contributed by atoms with van der Waals surface area (Å²) >= 11 is 0. The van der Waals surface area contributed by atoms with Crippen molar-refractivity contribution in [2.75, 3.05) is 7.05 Å². The first-order valence-corrected chi connectivity index (χ1v) is 6.78. The number of likely N-dealkylation sites (N-methyl/N-ethyl adjacent to an activating group) is 1. The lowest BCUT2D eigenvalue weighted by Crippen LogP contribution is -2.43. The van der Waals surface area contributed by atoms with Gasteiger partial charge in [-0.1, -0.05) is 31.8 Å². The molecule has 0 spiro atoms. The molecule has 2 atom stereocenters. The maximum Gasteiger partial charge on any atom is 0.229 e. The molecule has 0 bridgehead atoms. The Bertz CT molecular complexity index is 378. The Morgan fingerprint density at radius 2 is 2.11 bits per heavy atom. The van der Waals surface area contributed by atoms with Gasteiger partial charge in [0.05, 0.1) is 12.6 Å². The third-order valence-electron chi connectivity index (χ3n) is 3.63. The maximum absolute atomic E-state index is 10.0. The smallest absolute Gasteiger partial charge is 0.229 e. The predicted octanol–water partition coefficient (Wildman–Crippen LogP) is 1.93. The van der Waals surface area contributed by atoms with Gasteiger partial charge in [0.2, 0.25) is 5.89 Å². The predicted molar refractivity (Wildman–Crippen MR) is 68.1 cm³/mol. The molecule has 2 unspecified atom stereocenters. The molecule has 1 N–H and O–H groups in total. The normalized spacial score (nSPS) is 25.0. The SMILES string of the molecule is CC(C)c1nc(CN(C)C2CCCCC2O)no1. The quantitative estimate of drug-likeness (QED) is 0.888. The maximum atomic E-state index is 10.0. The lowest BCUT2D eigenvalue weighted by atomic mass is 9.91. The zero-order chi connectivity index (χ0) is 13.1. The van der Waals surface area contributed by atoms with E-state index >= 15 is 0 Å². The molecule has 1 aliphatic carbocycles. The molecule has 5 heteroatoms. The fraction of sp³-hybridized carbons (Fsp3) is 0.846. The second-order valence-electron chi connectivity index (χ2n) is 5.54. The van der Waals surface area contributed by atoms with E-state index in [2.05, 4.69) is 15.0 Å². The van der Waals surface area contributed by atoms with Crippen LogP contribution in [0.5, 0.6) is 0 Å². The molecule has 0 radical (unpaired) electrons. The van der Waals surface area contributed by atoms with Gasteiger partial charge in [0.15, 0.2) is 5.82 Å². The van der Waals surface area contributed by atoms with Gasteiger partial charge < -0.3 is 9.63 Å². The van der Waals surface area contributed by atoms with E-state index in [0.717, 1.165) is 19.3 Å². The number of hydrogen-bond acceptors (Lipinski definition) is 5. The minimum atomic E-state index is -0.222. The molecule has 1 aromatic rings. The second-order valence-corrected chi connectivity index (χ2v) is 5.54. The summed E-state index contributed by atoms with van der Waals surface area (Å²) in [6, 6.07) is 0.222. The Morgan fingerprint density at radius 1 is 1.39 bits per heavy atom. The molecule has 0 amide bonds. The molecule has 2 rings (SSSR count). The highest BCUT2D eigenvalue weighted by molar-refractivity contribution is 4.92. The molecule has 0 aliphatic heterocycles. The highest BCUT2D eigenvalue weighted by atomic mass is 16.5. The minimum Gasteiger partial charge on any atom is -0.391 e. The Kier molecular flexibility index (Phi) is 4.35. The summed E-state index contributed by atoms with van der Waals surface area (Å²) in [4.78, 5) is 6.51. The van der Waals surface area contributed by atoms with Crippen LogP contribution in [0.2, 0.25) is 0 Å².